The van der Waals surface area contributed by atoms with Crippen molar-refractivity contribution in [2.24, 2.45) is 0 Å². The van der Waals surface area contributed by atoms with E-state index in [0.717, 1.165) is 29.5 Å². The number of amides is 2. The van der Waals surface area contributed by atoms with Crippen LogP contribution in [0.1, 0.15) is 44.2 Å². The van der Waals surface area contributed by atoms with E-state index in [4.69, 9.17) is 23.2 Å². The summed E-state index contributed by atoms with van der Waals surface area (Å²) < 4.78 is 26.4. The second-order valence-corrected chi connectivity index (χ2v) is 11.6. The summed E-state index contributed by atoms with van der Waals surface area (Å²) in [6.07, 6.45) is 2.79. The van der Waals surface area contributed by atoms with E-state index in [1.54, 1.807) is 26.0 Å². The van der Waals surface area contributed by atoms with Gasteiger partial charge in [0, 0.05) is 35.3 Å². The third-order valence-electron chi connectivity index (χ3n) is 5.92. The van der Waals surface area contributed by atoms with Gasteiger partial charge in [0.05, 0.1) is 16.9 Å². The molecule has 2 rings (SSSR count). The number of carbonyl (C=O) groups is 2. The highest BCUT2D eigenvalue weighted by Crippen LogP contribution is 2.29. The van der Waals surface area contributed by atoms with Crippen molar-refractivity contribution in [1.29, 1.82) is 0 Å². The topological polar surface area (TPSA) is 130 Å². The molecular weight excluding hydrogens is 555 g/mol. The highest BCUT2D eigenvalue weighted by molar-refractivity contribution is 7.92. The average molecular weight is 588 g/mol. The van der Waals surface area contributed by atoms with E-state index in [9.17, 15) is 28.1 Å². The van der Waals surface area contributed by atoms with Crippen LogP contribution in [-0.2, 0) is 26.2 Å². The van der Waals surface area contributed by atoms with Gasteiger partial charge in [-0.25, -0.2) is 8.42 Å². The molecule has 13 heteroatoms. The molecule has 10 nitrogen and oxygen atoms in total. The summed E-state index contributed by atoms with van der Waals surface area (Å²) in [5.41, 5.74) is 0.616. The third-order valence-corrected chi connectivity index (χ3v) is 7.64. The van der Waals surface area contributed by atoms with E-state index in [1.807, 2.05) is 6.92 Å². The molecule has 0 unspecified atom stereocenters. The van der Waals surface area contributed by atoms with Crippen molar-refractivity contribution >= 4 is 56.4 Å². The molecule has 2 amide bonds. The molecular formula is C25H32Cl2N4O6S. The van der Waals surface area contributed by atoms with Gasteiger partial charge in [0.15, 0.2) is 0 Å². The predicted molar refractivity (Wildman–Crippen MR) is 149 cm³/mol. The number of sulfonamides is 1. The van der Waals surface area contributed by atoms with Crippen molar-refractivity contribution < 1.29 is 22.9 Å². The maximum atomic E-state index is 13.8. The second-order valence-electron chi connectivity index (χ2n) is 8.82. The third kappa shape index (κ3) is 8.31. The zero-order chi connectivity index (χ0) is 28.6. The lowest BCUT2D eigenvalue weighted by molar-refractivity contribution is -0.384. The number of rotatable bonds is 13. The van der Waals surface area contributed by atoms with Crippen LogP contribution in [0.3, 0.4) is 0 Å². The summed E-state index contributed by atoms with van der Waals surface area (Å²) in [6.45, 7) is 4.98. The van der Waals surface area contributed by atoms with Crippen LogP contribution >= 0.6 is 23.2 Å². The van der Waals surface area contributed by atoms with Crippen molar-refractivity contribution in [2.75, 3.05) is 23.7 Å². The quantitative estimate of drug-likeness (QED) is 0.206. The van der Waals surface area contributed by atoms with Crippen LogP contribution < -0.4 is 9.62 Å². The van der Waals surface area contributed by atoms with Crippen molar-refractivity contribution in [2.45, 2.75) is 52.6 Å². The fourth-order valence-electron chi connectivity index (χ4n) is 3.83. The zero-order valence-corrected chi connectivity index (χ0v) is 24.1. The monoisotopic (exact) mass is 586 g/mol. The number of nitrogens with one attached hydrogen (secondary N) is 1. The van der Waals surface area contributed by atoms with E-state index in [2.05, 4.69) is 5.32 Å². The lowest BCUT2D eigenvalue weighted by Crippen LogP contribution is -2.52. The number of nitro benzene ring substituents is 1. The number of hydrogen-bond acceptors (Lipinski definition) is 6. The number of anilines is 1. The first-order valence-corrected chi connectivity index (χ1v) is 14.6. The maximum Gasteiger partial charge on any atom is 0.271 e. The summed E-state index contributed by atoms with van der Waals surface area (Å²) in [6, 6.07) is 7.60. The van der Waals surface area contributed by atoms with Crippen LogP contribution in [-0.4, -0.2) is 55.4 Å². The fourth-order valence-corrected chi connectivity index (χ4v) is 5.20. The Bertz CT molecular complexity index is 1290. The van der Waals surface area contributed by atoms with E-state index in [-0.39, 0.29) is 35.3 Å². The van der Waals surface area contributed by atoms with Crippen LogP contribution in [0, 0.1) is 17.0 Å². The molecule has 1 atom stereocenters. The first kappa shape index (κ1) is 31.3. The van der Waals surface area contributed by atoms with Gasteiger partial charge in [0.25, 0.3) is 5.69 Å². The first-order chi connectivity index (χ1) is 17.8. The van der Waals surface area contributed by atoms with Crippen LogP contribution in [0.4, 0.5) is 11.4 Å². The van der Waals surface area contributed by atoms with Crippen LogP contribution in [0.25, 0.3) is 0 Å². The lowest BCUT2D eigenvalue weighted by atomic mass is 10.1. The number of carbonyl (C=O) groups excluding carboxylic acids is 2. The SMILES string of the molecule is CCCCNC(=O)[C@@H](CC)N(Cc1ccc(Cl)cc1Cl)C(=O)CN(c1cc([N+](=O)[O-])ccc1C)S(C)(=O)=O. The maximum absolute atomic E-state index is 13.8. The molecule has 38 heavy (non-hydrogen) atoms. The van der Waals surface area contributed by atoms with Gasteiger partial charge in [0.1, 0.15) is 12.6 Å². The van der Waals surface area contributed by atoms with E-state index >= 15 is 0 Å². The number of nitro groups is 1. The highest BCUT2D eigenvalue weighted by atomic mass is 35.5. The van der Waals surface area contributed by atoms with Gasteiger partial charge in [0.2, 0.25) is 21.8 Å². The van der Waals surface area contributed by atoms with E-state index < -0.39 is 33.4 Å². The summed E-state index contributed by atoms with van der Waals surface area (Å²) in [5.74, 6) is -1.05. The van der Waals surface area contributed by atoms with Crippen LogP contribution in [0.5, 0.6) is 0 Å². The number of unbranched alkanes of at least 4 members (excludes halogenated alkanes) is 1. The van der Waals surface area contributed by atoms with Gasteiger partial charge in [-0.3, -0.25) is 24.0 Å². The largest absolute Gasteiger partial charge is 0.354 e. The Morgan fingerprint density at radius 3 is 2.37 bits per heavy atom. The summed E-state index contributed by atoms with van der Waals surface area (Å²) in [7, 11) is -4.05. The standard InChI is InChI=1S/C25H32Cl2N4O6S/c1-5-7-12-28-25(33)22(6-2)29(15-18-9-10-19(26)13-21(18)27)24(32)16-30(38(4,36)37)23-14-20(31(34)35)11-8-17(23)3/h8-11,13-14,22H,5-7,12,15-16H2,1-4H3,(H,28,33)/t22-/m1/s1. The number of non-ortho nitro benzene ring substituents is 1. The van der Waals surface area contributed by atoms with Gasteiger partial charge in [-0.05, 0) is 43.0 Å². The number of nitrogens with zero attached hydrogens (tertiary/aromatic N) is 3. The number of aryl methyl sites for hydroxylation is 1. The Hall–Kier alpha value is -2.89. The van der Waals surface area contributed by atoms with Gasteiger partial charge in [-0.2, -0.15) is 0 Å². The zero-order valence-electron chi connectivity index (χ0n) is 21.7. The molecule has 0 aromatic heterocycles. The summed E-state index contributed by atoms with van der Waals surface area (Å²) in [5, 5.41) is 14.8. The molecule has 0 spiro atoms. The van der Waals surface area contributed by atoms with Crippen molar-refractivity contribution in [3.63, 3.8) is 0 Å². The minimum atomic E-state index is -4.05. The minimum absolute atomic E-state index is 0.0000267. The Morgan fingerprint density at radius 1 is 1.13 bits per heavy atom. The smallest absolute Gasteiger partial charge is 0.271 e. The van der Waals surface area contributed by atoms with Gasteiger partial charge in [-0.15, -0.1) is 0 Å². The number of hydrogen-bond donors (Lipinski definition) is 1. The molecule has 1 N–H and O–H groups in total. The number of halogens is 2. The van der Waals surface area contributed by atoms with Gasteiger partial charge >= 0.3 is 0 Å². The van der Waals surface area contributed by atoms with Crippen molar-refractivity contribution in [3.05, 3.63) is 67.7 Å². The molecule has 0 aliphatic rings. The molecule has 2 aromatic carbocycles. The summed E-state index contributed by atoms with van der Waals surface area (Å²) in [4.78, 5) is 38.8. The molecule has 0 aliphatic carbocycles. The normalized spacial score (nSPS) is 12.1. The first-order valence-electron chi connectivity index (χ1n) is 12.0. The molecule has 0 radical (unpaired) electrons. The van der Waals surface area contributed by atoms with Crippen molar-refractivity contribution in [3.8, 4) is 0 Å². The molecule has 208 valence electrons. The Morgan fingerprint density at radius 2 is 1.82 bits per heavy atom. The molecule has 0 aliphatic heterocycles. The fraction of sp³-hybridized carbons (Fsp3) is 0.440. The molecule has 0 fully saturated rings. The van der Waals surface area contributed by atoms with E-state index in [0.29, 0.717) is 22.7 Å². The van der Waals surface area contributed by atoms with Gasteiger partial charge < -0.3 is 10.2 Å². The second kappa shape index (κ2) is 13.8. The lowest BCUT2D eigenvalue weighted by Gasteiger charge is -2.33. The summed E-state index contributed by atoms with van der Waals surface area (Å²) >= 11 is 12.4. The molecule has 0 bridgehead atoms. The predicted octanol–water partition coefficient (Wildman–Crippen LogP) is 4.70. The molecule has 0 heterocycles. The minimum Gasteiger partial charge on any atom is -0.354 e. The number of benzene rings is 2. The Balaban J connectivity index is 2.53. The highest BCUT2D eigenvalue weighted by Gasteiger charge is 2.32. The molecule has 2 aromatic rings. The molecule has 0 saturated heterocycles. The Labute approximate surface area is 233 Å². The molecule has 0 saturated carbocycles. The average Bonchev–Trinajstić information content (AvgIpc) is 2.83. The van der Waals surface area contributed by atoms with Crippen molar-refractivity contribution in [1.82, 2.24) is 10.2 Å². The van der Waals surface area contributed by atoms with E-state index in [1.165, 1.54) is 23.1 Å². The Kier molecular flexibility index (Phi) is 11.4. The van der Waals surface area contributed by atoms with Crippen LogP contribution in [0.2, 0.25) is 10.0 Å². The van der Waals surface area contributed by atoms with Crippen LogP contribution in [0.15, 0.2) is 36.4 Å². The van der Waals surface area contributed by atoms with Gasteiger partial charge in [-0.1, -0.05) is 55.6 Å².